The van der Waals surface area contributed by atoms with Crippen LogP contribution in [0.2, 0.25) is 0 Å². The molecular formula is C15H15N5O3S2. The van der Waals surface area contributed by atoms with Crippen molar-refractivity contribution < 1.29 is 12.9 Å². The molecule has 3 aromatic rings. The molecule has 0 radical (unpaired) electrons. The van der Waals surface area contributed by atoms with Crippen LogP contribution in [-0.4, -0.2) is 42.2 Å². The molecule has 3 heterocycles. The van der Waals surface area contributed by atoms with Gasteiger partial charge in [-0.05, 0) is 23.3 Å². The van der Waals surface area contributed by atoms with Crippen LogP contribution in [0.5, 0.6) is 0 Å². The number of sulfonamides is 1. The Morgan fingerprint density at radius 2 is 1.96 bits per heavy atom. The molecule has 0 spiro atoms. The van der Waals surface area contributed by atoms with E-state index in [1.165, 1.54) is 36.0 Å². The molecule has 0 bridgehead atoms. The molecule has 0 aliphatic carbocycles. The topological polar surface area (TPSA) is 92.4 Å². The average molecular weight is 377 g/mol. The summed E-state index contributed by atoms with van der Waals surface area (Å²) in [6.07, 6.45) is 1.49. The minimum atomic E-state index is -3.44. The van der Waals surface area contributed by atoms with Crippen molar-refractivity contribution in [1.29, 1.82) is 0 Å². The second kappa shape index (κ2) is 5.90. The first-order valence-electron chi connectivity index (χ1n) is 7.49. The molecule has 0 saturated carbocycles. The summed E-state index contributed by atoms with van der Waals surface area (Å²) in [5.41, 5.74) is 2.73. The van der Waals surface area contributed by atoms with Crippen molar-refractivity contribution in [2.75, 3.05) is 19.0 Å². The van der Waals surface area contributed by atoms with Crippen LogP contribution in [0.25, 0.3) is 10.7 Å². The molecule has 130 valence electrons. The van der Waals surface area contributed by atoms with Crippen LogP contribution in [0.1, 0.15) is 11.1 Å². The Kier molecular flexibility index (Phi) is 3.82. The minimum absolute atomic E-state index is 0.304. The van der Waals surface area contributed by atoms with Crippen molar-refractivity contribution in [1.82, 2.24) is 19.7 Å². The number of fused-ring (bicyclic) bond motifs is 1. The van der Waals surface area contributed by atoms with E-state index < -0.39 is 10.0 Å². The molecule has 0 saturated heterocycles. The van der Waals surface area contributed by atoms with E-state index in [0.717, 1.165) is 16.3 Å². The van der Waals surface area contributed by atoms with E-state index in [-0.39, 0.29) is 0 Å². The Morgan fingerprint density at radius 3 is 2.68 bits per heavy atom. The quantitative estimate of drug-likeness (QED) is 0.686. The van der Waals surface area contributed by atoms with Gasteiger partial charge in [0.05, 0.1) is 4.90 Å². The highest BCUT2D eigenvalue weighted by atomic mass is 32.2. The number of rotatable bonds is 4. The number of aromatic nitrogens is 3. The Labute approximate surface area is 148 Å². The molecule has 0 atom stereocenters. The highest BCUT2D eigenvalue weighted by Gasteiger charge is 2.26. The lowest BCUT2D eigenvalue weighted by Crippen LogP contribution is -2.22. The first-order chi connectivity index (χ1) is 11.9. The van der Waals surface area contributed by atoms with E-state index in [1.807, 2.05) is 6.07 Å². The highest BCUT2D eigenvalue weighted by molar-refractivity contribution is 7.89. The van der Waals surface area contributed by atoms with Crippen LogP contribution < -0.4 is 4.90 Å². The van der Waals surface area contributed by atoms with Gasteiger partial charge in [0.25, 0.3) is 0 Å². The Bertz CT molecular complexity index is 1010. The zero-order valence-electron chi connectivity index (χ0n) is 13.6. The van der Waals surface area contributed by atoms with Gasteiger partial charge in [-0.15, -0.1) is 10.2 Å². The highest BCUT2D eigenvalue weighted by Crippen LogP contribution is 2.34. The zero-order valence-corrected chi connectivity index (χ0v) is 15.2. The molecule has 10 heteroatoms. The van der Waals surface area contributed by atoms with Crippen LogP contribution >= 0.6 is 11.3 Å². The van der Waals surface area contributed by atoms with Crippen molar-refractivity contribution in [2.24, 2.45) is 0 Å². The number of hydrogen-bond donors (Lipinski definition) is 0. The lowest BCUT2D eigenvalue weighted by Gasteiger charge is -2.12. The van der Waals surface area contributed by atoms with Gasteiger partial charge < -0.3 is 9.42 Å². The van der Waals surface area contributed by atoms with E-state index in [0.29, 0.717) is 28.7 Å². The molecule has 1 aliphatic heterocycles. The van der Waals surface area contributed by atoms with Gasteiger partial charge in [0.1, 0.15) is 12.0 Å². The molecule has 0 amide bonds. The Balaban J connectivity index is 1.60. The summed E-state index contributed by atoms with van der Waals surface area (Å²) in [4.78, 5) is 2.37. The van der Waals surface area contributed by atoms with Crippen molar-refractivity contribution in [3.05, 3.63) is 41.7 Å². The smallest absolute Gasteiger partial charge is 0.242 e. The first kappa shape index (κ1) is 16.2. The summed E-state index contributed by atoms with van der Waals surface area (Å²) in [6, 6.07) is 7.00. The predicted octanol–water partition coefficient (Wildman–Crippen LogP) is 1.96. The molecule has 0 fully saturated rings. The molecule has 1 aliphatic rings. The van der Waals surface area contributed by atoms with E-state index in [9.17, 15) is 8.42 Å². The molecule has 0 N–H and O–H groups in total. The molecule has 2 aromatic heterocycles. The van der Waals surface area contributed by atoms with Crippen LogP contribution in [-0.2, 0) is 23.1 Å². The monoisotopic (exact) mass is 377 g/mol. The molecular weight excluding hydrogens is 362 g/mol. The third-order valence-electron chi connectivity index (χ3n) is 4.02. The maximum Gasteiger partial charge on any atom is 0.242 e. The number of nitrogens with zero attached hydrogens (tertiary/aromatic N) is 5. The third kappa shape index (κ3) is 2.81. The number of anilines is 1. The summed E-state index contributed by atoms with van der Waals surface area (Å²) < 4.78 is 30.6. The lowest BCUT2D eigenvalue weighted by molar-refractivity contribution is 0.422. The third-order valence-corrected chi connectivity index (χ3v) is 6.84. The van der Waals surface area contributed by atoms with E-state index in [1.54, 1.807) is 18.2 Å². The second-order valence-electron chi connectivity index (χ2n) is 5.85. The van der Waals surface area contributed by atoms with E-state index >= 15 is 0 Å². The van der Waals surface area contributed by atoms with Crippen molar-refractivity contribution in [3.8, 4) is 10.7 Å². The summed E-state index contributed by atoms with van der Waals surface area (Å²) in [6.45, 7) is 1.27. The molecule has 4 rings (SSSR count). The van der Waals surface area contributed by atoms with Crippen molar-refractivity contribution >= 4 is 26.5 Å². The van der Waals surface area contributed by atoms with Crippen LogP contribution in [0.3, 0.4) is 0 Å². The SMILES string of the molecule is CN(C)S(=O)(=O)c1ccc2c(c1)CN(c1nnc(-c3ccon3)s1)C2. The van der Waals surface area contributed by atoms with Crippen molar-refractivity contribution in [3.63, 3.8) is 0 Å². The molecule has 1 aromatic carbocycles. The van der Waals surface area contributed by atoms with Gasteiger partial charge in [-0.1, -0.05) is 22.6 Å². The summed E-state index contributed by atoms with van der Waals surface area (Å²) >= 11 is 1.43. The fourth-order valence-electron chi connectivity index (χ4n) is 2.65. The van der Waals surface area contributed by atoms with Gasteiger partial charge in [0.2, 0.25) is 15.2 Å². The Hall–Kier alpha value is -2.30. The van der Waals surface area contributed by atoms with Crippen LogP contribution in [0.15, 0.2) is 39.9 Å². The second-order valence-corrected chi connectivity index (χ2v) is 8.96. The van der Waals surface area contributed by atoms with Crippen LogP contribution in [0.4, 0.5) is 5.13 Å². The maximum atomic E-state index is 12.3. The fourth-order valence-corrected chi connectivity index (χ4v) is 4.40. The summed E-state index contributed by atoms with van der Waals surface area (Å²) in [5.74, 6) is 0. The van der Waals surface area contributed by atoms with E-state index in [2.05, 4.69) is 20.3 Å². The van der Waals surface area contributed by atoms with Crippen molar-refractivity contribution in [2.45, 2.75) is 18.0 Å². The zero-order chi connectivity index (χ0) is 17.6. The van der Waals surface area contributed by atoms with Gasteiger partial charge in [-0.3, -0.25) is 0 Å². The number of hydrogen-bond acceptors (Lipinski definition) is 8. The van der Waals surface area contributed by atoms with Gasteiger partial charge in [-0.25, -0.2) is 12.7 Å². The van der Waals surface area contributed by atoms with Gasteiger partial charge in [0.15, 0.2) is 5.01 Å². The maximum absolute atomic E-state index is 12.3. The average Bonchev–Trinajstić information content (AvgIpc) is 3.31. The predicted molar refractivity (Wildman–Crippen MR) is 92.6 cm³/mol. The van der Waals surface area contributed by atoms with Crippen LogP contribution in [0, 0.1) is 0 Å². The normalized spacial score (nSPS) is 14.3. The molecule has 25 heavy (non-hydrogen) atoms. The summed E-state index contributed by atoms with van der Waals surface area (Å²) in [7, 11) is -0.377. The molecule has 0 unspecified atom stereocenters. The standard InChI is InChI=1S/C15H15N5O3S2/c1-19(2)25(21,22)12-4-3-10-8-20(9-11(10)7-12)15-17-16-14(24-15)13-5-6-23-18-13/h3-7H,8-9H2,1-2H3. The van der Waals surface area contributed by atoms with Gasteiger partial charge >= 0.3 is 0 Å². The largest absolute Gasteiger partial charge is 0.364 e. The lowest BCUT2D eigenvalue weighted by atomic mass is 10.1. The van der Waals surface area contributed by atoms with E-state index in [4.69, 9.17) is 4.52 Å². The Morgan fingerprint density at radius 1 is 1.16 bits per heavy atom. The fraction of sp³-hybridized carbons (Fsp3) is 0.267. The number of benzene rings is 1. The van der Waals surface area contributed by atoms with Gasteiger partial charge in [0, 0.05) is 33.3 Å². The van der Waals surface area contributed by atoms with Gasteiger partial charge in [-0.2, -0.15) is 0 Å². The minimum Gasteiger partial charge on any atom is -0.364 e. The first-order valence-corrected chi connectivity index (χ1v) is 9.74. The summed E-state index contributed by atoms with van der Waals surface area (Å²) in [5, 5.41) is 13.7. The molecule has 8 nitrogen and oxygen atoms in total.